The van der Waals surface area contributed by atoms with Gasteiger partial charge in [-0.05, 0) is 37.1 Å². The molecule has 0 bridgehead atoms. The number of rotatable bonds is 3. The zero-order valence-electron chi connectivity index (χ0n) is 16.2. The van der Waals surface area contributed by atoms with Crippen LogP contribution in [0.1, 0.15) is 43.7 Å². The smallest absolute Gasteiger partial charge is 0.143 e. The second kappa shape index (κ2) is 6.51. The molecule has 0 spiro atoms. The van der Waals surface area contributed by atoms with Gasteiger partial charge in [-0.15, -0.1) is 0 Å². The predicted octanol–water partition coefficient (Wildman–Crippen LogP) is 4.98. The van der Waals surface area contributed by atoms with Crippen LogP contribution in [0.4, 0.5) is 0 Å². The largest absolute Gasteiger partial charge is 0.384 e. The molecule has 0 aliphatic heterocycles. The molecular formula is C23H25N5. The minimum Gasteiger partial charge on any atom is -0.384 e. The van der Waals surface area contributed by atoms with Crippen molar-refractivity contribution in [2.75, 3.05) is 0 Å². The van der Waals surface area contributed by atoms with Crippen LogP contribution in [-0.2, 0) is 7.05 Å². The molecule has 142 valence electrons. The molecule has 5 rings (SSSR count). The fourth-order valence-electron chi connectivity index (χ4n) is 4.69. The number of benzene rings is 2. The molecule has 3 N–H and O–H groups in total. The Balaban J connectivity index is 1.79. The van der Waals surface area contributed by atoms with Gasteiger partial charge in [-0.2, -0.15) is 0 Å². The SMILES string of the molecule is Cn1cc(-c2nc3cc(C(=N)N)ccc3n2C2CCCCC2)c2ccccc21. The molecule has 2 aromatic carbocycles. The number of aryl methyl sites for hydroxylation is 1. The quantitative estimate of drug-likeness (QED) is 0.393. The topological polar surface area (TPSA) is 72.6 Å². The number of para-hydroxylation sites is 1. The summed E-state index contributed by atoms with van der Waals surface area (Å²) in [7, 11) is 2.09. The Bertz CT molecular complexity index is 1190. The van der Waals surface area contributed by atoms with Crippen LogP contribution in [0.5, 0.6) is 0 Å². The summed E-state index contributed by atoms with van der Waals surface area (Å²) in [6.07, 6.45) is 8.43. The monoisotopic (exact) mass is 371 g/mol. The first kappa shape index (κ1) is 17.0. The van der Waals surface area contributed by atoms with Crippen molar-refractivity contribution in [3.05, 3.63) is 54.2 Å². The molecule has 0 saturated heterocycles. The summed E-state index contributed by atoms with van der Waals surface area (Å²) in [5.74, 6) is 1.11. The summed E-state index contributed by atoms with van der Waals surface area (Å²) < 4.78 is 4.62. The lowest BCUT2D eigenvalue weighted by Crippen LogP contribution is -2.14. The highest BCUT2D eigenvalue weighted by Crippen LogP contribution is 2.38. The van der Waals surface area contributed by atoms with Gasteiger partial charge in [0, 0.05) is 41.3 Å². The van der Waals surface area contributed by atoms with Crippen molar-refractivity contribution < 1.29 is 0 Å². The molecule has 1 aliphatic carbocycles. The van der Waals surface area contributed by atoms with E-state index in [2.05, 4.69) is 52.7 Å². The van der Waals surface area contributed by atoms with E-state index in [4.69, 9.17) is 16.1 Å². The van der Waals surface area contributed by atoms with Crippen molar-refractivity contribution >= 4 is 27.8 Å². The van der Waals surface area contributed by atoms with Crippen molar-refractivity contribution in [1.82, 2.24) is 14.1 Å². The third-order valence-corrected chi connectivity index (χ3v) is 6.08. The molecule has 1 saturated carbocycles. The van der Waals surface area contributed by atoms with Gasteiger partial charge in [-0.25, -0.2) is 4.98 Å². The Morgan fingerprint density at radius 2 is 1.86 bits per heavy atom. The van der Waals surface area contributed by atoms with Crippen molar-refractivity contribution in [1.29, 1.82) is 5.41 Å². The highest BCUT2D eigenvalue weighted by atomic mass is 15.1. The van der Waals surface area contributed by atoms with Gasteiger partial charge in [-0.1, -0.05) is 37.5 Å². The van der Waals surface area contributed by atoms with E-state index in [-0.39, 0.29) is 5.84 Å². The number of hydrogen-bond acceptors (Lipinski definition) is 2. The molecule has 5 heteroatoms. The summed E-state index contributed by atoms with van der Waals surface area (Å²) in [5.41, 5.74) is 10.9. The number of aromatic nitrogens is 3. The molecule has 0 amide bonds. The summed E-state index contributed by atoms with van der Waals surface area (Å²) in [6, 6.07) is 14.9. The van der Waals surface area contributed by atoms with Gasteiger partial charge >= 0.3 is 0 Å². The Labute approximate surface area is 164 Å². The van der Waals surface area contributed by atoms with Gasteiger partial charge in [0.2, 0.25) is 0 Å². The lowest BCUT2D eigenvalue weighted by Gasteiger charge is -2.25. The normalized spacial score (nSPS) is 15.5. The van der Waals surface area contributed by atoms with Crippen molar-refractivity contribution in [3.8, 4) is 11.4 Å². The highest BCUT2D eigenvalue weighted by molar-refractivity contribution is 6.00. The Kier molecular flexibility index (Phi) is 3.97. The summed E-state index contributed by atoms with van der Waals surface area (Å²) in [5, 5.41) is 9.01. The third kappa shape index (κ3) is 2.61. The van der Waals surface area contributed by atoms with Crippen molar-refractivity contribution in [2.45, 2.75) is 38.1 Å². The fraction of sp³-hybridized carbons (Fsp3) is 0.304. The van der Waals surface area contributed by atoms with Crippen molar-refractivity contribution in [3.63, 3.8) is 0 Å². The maximum atomic E-state index is 7.78. The fourth-order valence-corrected chi connectivity index (χ4v) is 4.69. The van der Waals surface area contributed by atoms with Crippen LogP contribution in [0.25, 0.3) is 33.3 Å². The molecule has 0 atom stereocenters. The molecule has 1 aliphatic rings. The molecule has 2 aromatic heterocycles. The predicted molar refractivity (Wildman–Crippen MR) is 115 cm³/mol. The highest BCUT2D eigenvalue weighted by Gasteiger charge is 2.24. The van der Waals surface area contributed by atoms with E-state index in [1.807, 2.05) is 12.1 Å². The number of hydrogen-bond donors (Lipinski definition) is 2. The van der Waals surface area contributed by atoms with Gasteiger partial charge in [0.15, 0.2) is 0 Å². The number of imidazole rings is 1. The summed E-state index contributed by atoms with van der Waals surface area (Å²) in [4.78, 5) is 5.06. The molecule has 0 radical (unpaired) electrons. The molecular weight excluding hydrogens is 346 g/mol. The average Bonchev–Trinajstić information content (AvgIpc) is 3.26. The summed E-state index contributed by atoms with van der Waals surface area (Å²) >= 11 is 0. The zero-order chi connectivity index (χ0) is 19.3. The van der Waals surface area contributed by atoms with Crippen LogP contribution in [0.15, 0.2) is 48.7 Å². The van der Waals surface area contributed by atoms with Crippen LogP contribution in [0, 0.1) is 5.41 Å². The number of amidine groups is 1. The zero-order valence-corrected chi connectivity index (χ0v) is 16.2. The number of nitrogens with two attached hydrogens (primary N) is 1. The van der Waals surface area contributed by atoms with E-state index in [1.165, 1.54) is 48.6 Å². The van der Waals surface area contributed by atoms with Crippen LogP contribution in [0.2, 0.25) is 0 Å². The average molecular weight is 371 g/mol. The molecule has 1 fully saturated rings. The number of nitrogens with zero attached hydrogens (tertiary/aromatic N) is 3. The number of fused-ring (bicyclic) bond motifs is 2. The summed E-state index contributed by atoms with van der Waals surface area (Å²) in [6.45, 7) is 0. The molecule has 4 aromatic rings. The first-order valence-electron chi connectivity index (χ1n) is 10.0. The van der Waals surface area contributed by atoms with Gasteiger partial charge in [-0.3, -0.25) is 5.41 Å². The Hall–Kier alpha value is -3.08. The first-order valence-corrected chi connectivity index (χ1v) is 10.0. The second-order valence-electron chi connectivity index (χ2n) is 7.89. The molecule has 0 unspecified atom stereocenters. The van der Waals surface area contributed by atoms with E-state index < -0.39 is 0 Å². The second-order valence-corrected chi connectivity index (χ2v) is 7.89. The number of nitrogen functional groups attached to an aromatic ring is 1. The van der Waals surface area contributed by atoms with E-state index in [0.717, 1.165) is 22.4 Å². The van der Waals surface area contributed by atoms with Gasteiger partial charge in [0.1, 0.15) is 11.7 Å². The van der Waals surface area contributed by atoms with Crippen LogP contribution >= 0.6 is 0 Å². The van der Waals surface area contributed by atoms with Gasteiger partial charge in [0.25, 0.3) is 0 Å². The number of nitrogens with one attached hydrogen (secondary N) is 1. The van der Waals surface area contributed by atoms with Crippen LogP contribution in [-0.4, -0.2) is 20.0 Å². The van der Waals surface area contributed by atoms with Crippen LogP contribution in [0.3, 0.4) is 0 Å². The maximum absolute atomic E-state index is 7.78. The standard InChI is InChI=1S/C23H25N5/c1-27-14-18(17-9-5-6-10-20(17)27)23-26-19-13-15(22(24)25)11-12-21(19)28(23)16-7-3-2-4-8-16/h5-6,9-14,16H,2-4,7-8H2,1H3,(H3,24,25). The Morgan fingerprint density at radius 3 is 2.64 bits per heavy atom. The van der Waals surface area contributed by atoms with Crippen molar-refractivity contribution in [2.24, 2.45) is 12.8 Å². The van der Waals surface area contributed by atoms with E-state index in [0.29, 0.717) is 6.04 Å². The lowest BCUT2D eigenvalue weighted by molar-refractivity contribution is 0.362. The first-order chi connectivity index (χ1) is 13.6. The minimum atomic E-state index is 0.0841. The molecule has 28 heavy (non-hydrogen) atoms. The van der Waals surface area contributed by atoms with Crippen LogP contribution < -0.4 is 5.73 Å². The molecule has 2 heterocycles. The maximum Gasteiger partial charge on any atom is 0.143 e. The minimum absolute atomic E-state index is 0.0841. The van der Waals surface area contributed by atoms with Gasteiger partial charge in [0.05, 0.1) is 11.0 Å². The van der Waals surface area contributed by atoms with E-state index in [9.17, 15) is 0 Å². The van der Waals surface area contributed by atoms with Gasteiger partial charge < -0.3 is 14.9 Å². The van der Waals surface area contributed by atoms with E-state index >= 15 is 0 Å². The Morgan fingerprint density at radius 1 is 1.07 bits per heavy atom. The lowest BCUT2D eigenvalue weighted by atomic mass is 9.94. The molecule has 5 nitrogen and oxygen atoms in total. The third-order valence-electron chi connectivity index (χ3n) is 6.08. The van der Waals surface area contributed by atoms with E-state index in [1.54, 1.807) is 0 Å².